The first-order valence-electron chi connectivity index (χ1n) is 3.64. The van der Waals surface area contributed by atoms with E-state index in [2.05, 4.69) is 5.92 Å². The summed E-state index contributed by atoms with van der Waals surface area (Å²) in [6, 6.07) is 3.13. The summed E-state index contributed by atoms with van der Waals surface area (Å²) in [6.45, 7) is 0. The quantitative estimate of drug-likeness (QED) is 0.695. The molecule has 1 aromatic carbocycles. The Hall–Kier alpha value is -1.82. The van der Waals surface area contributed by atoms with Crippen LogP contribution in [0.3, 0.4) is 0 Å². The van der Waals surface area contributed by atoms with Crippen LogP contribution in [-0.2, 0) is 0 Å². The lowest BCUT2D eigenvalue weighted by Crippen LogP contribution is -1.90. The van der Waals surface area contributed by atoms with E-state index < -0.39 is 0 Å². The van der Waals surface area contributed by atoms with Crippen LogP contribution in [0.4, 0.5) is 0 Å². The standard InChI is InChI=1S/C10H10O3/c1-4-7-5-8(12-2)10(11)9(6-7)13-3/h1,5-6,11H,2-3H3. The molecule has 1 rings (SSSR count). The first kappa shape index (κ1) is 9.27. The van der Waals surface area contributed by atoms with E-state index in [1.807, 2.05) is 0 Å². The van der Waals surface area contributed by atoms with E-state index >= 15 is 0 Å². The van der Waals surface area contributed by atoms with E-state index in [-0.39, 0.29) is 5.75 Å². The van der Waals surface area contributed by atoms with Crippen LogP contribution in [-0.4, -0.2) is 19.3 Å². The zero-order chi connectivity index (χ0) is 9.84. The number of methoxy groups -OCH3 is 2. The van der Waals surface area contributed by atoms with Crippen molar-refractivity contribution in [3.8, 4) is 29.6 Å². The molecule has 0 saturated carbocycles. The fourth-order valence-electron chi connectivity index (χ4n) is 0.977. The van der Waals surface area contributed by atoms with E-state index in [1.54, 1.807) is 12.1 Å². The molecule has 0 radical (unpaired) electrons. The summed E-state index contributed by atoms with van der Waals surface area (Å²) in [4.78, 5) is 0. The molecule has 0 spiro atoms. The van der Waals surface area contributed by atoms with Crippen molar-refractivity contribution in [2.45, 2.75) is 0 Å². The molecule has 0 heterocycles. The van der Waals surface area contributed by atoms with Gasteiger partial charge in [-0.15, -0.1) is 6.42 Å². The summed E-state index contributed by atoms with van der Waals surface area (Å²) < 4.78 is 9.81. The van der Waals surface area contributed by atoms with Crippen molar-refractivity contribution >= 4 is 0 Å². The van der Waals surface area contributed by atoms with Gasteiger partial charge in [0.2, 0.25) is 5.75 Å². The average Bonchev–Trinajstić information content (AvgIpc) is 2.18. The van der Waals surface area contributed by atoms with Crippen molar-refractivity contribution in [2.24, 2.45) is 0 Å². The molecule has 3 nitrogen and oxygen atoms in total. The summed E-state index contributed by atoms with van der Waals surface area (Å²) in [5.41, 5.74) is 0.603. The van der Waals surface area contributed by atoms with Gasteiger partial charge in [0.1, 0.15) is 0 Å². The number of rotatable bonds is 2. The van der Waals surface area contributed by atoms with E-state index in [4.69, 9.17) is 15.9 Å². The lowest BCUT2D eigenvalue weighted by atomic mass is 10.2. The molecule has 0 saturated heterocycles. The highest BCUT2D eigenvalue weighted by Gasteiger charge is 2.09. The van der Waals surface area contributed by atoms with Crippen LogP contribution < -0.4 is 9.47 Å². The second-order valence-corrected chi connectivity index (χ2v) is 2.37. The van der Waals surface area contributed by atoms with Crippen molar-refractivity contribution in [3.05, 3.63) is 17.7 Å². The van der Waals surface area contributed by atoms with Gasteiger partial charge in [-0.2, -0.15) is 0 Å². The first-order chi connectivity index (χ1) is 6.22. The maximum Gasteiger partial charge on any atom is 0.200 e. The molecule has 0 aliphatic carbocycles. The van der Waals surface area contributed by atoms with Crippen LogP contribution in [0.1, 0.15) is 5.56 Å². The molecule has 0 bridgehead atoms. The third-order valence-electron chi connectivity index (χ3n) is 1.65. The van der Waals surface area contributed by atoms with Crippen molar-refractivity contribution in [2.75, 3.05) is 14.2 Å². The highest BCUT2D eigenvalue weighted by Crippen LogP contribution is 2.36. The normalized spacial score (nSPS) is 9.00. The van der Waals surface area contributed by atoms with Gasteiger partial charge in [-0.3, -0.25) is 0 Å². The molecular weight excluding hydrogens is 168 g/mol. The number of phenolic OH excluding ortho intramolecular Hbond substituents is 1. The molecule has 3 heteroatoms. The summed E-state index contributed by atoms with van der Waals surface area (Å²) in [7, 11) is 2.91. The van der Waals surface area contributed by atoms with Crippen molar-refractivity contribution in [1.82, 2.24) is 0 Å². The third-order valence-corrected chi connectivity index (χ3v) is 1.65. The van der Waals surface area contributed by atoms with E-state index in [0.717, 1.165) is 0 Å². The van der Waals surface area contributed by atoms with Gasteiger partial charge in [-0.05, 0) is 12.1 Å². The van der Waals surface area contributed by atoms with Gasteiger partial charge in [0.15, 0.2) is 11.5 Å². The Kier molecular flexibility index (Phi) is 2.65. The maximum atomic E-state index is 9.49. The molecule has 0 unspecified atom stereocenters. The monoisotopic (exact) mass is 178 g/mol. The van der Waals surface area contributed by atoms with Gasteiger partial charge < -0.3 is 14.6 Å². The van der Waals surface area contributed by atoms with Crippen molar-refractivity contribution in [3.63, 3.8) is 0 Å². The predicted octanol–water partition coefficient (Wildman–Crippen LogP) is 1.39. The Labute approximate surface area is 76.9 Å². The Morgan fingerprint density at radius 1 is 1.23 bits per heavy atom. The highest BCUT2D eigenvalue weighted by atomic mass is 16.5. The largest absolute Gasteiger partial charge is 0.502 e. The molecule has 0 amide bonds. The maximum absolute atomic E-state index is 9.49. The van der Waals surface area contributed by atoms with Gasteiger partial charge >= 0.3 is 0 Å². The van der Waals surface area contributed by atoms with Gasteiger partial charge in [0.05, 0.1) is 14.2 Å². The number of hydrogen-bond donors (Lipinski definition) is 1. The molecular formula is C10H10O3. The van der Waals surface area contributed by atoms with E-state index in [0.29, 0.717) is 17.1 Å². The zero-order valence-corrected chi connectivity index (χ0v) is 7.50. The van der Waals surface area contributed by atoms with Crippen molar-refractivity contribution < 1.29 is 14.6 Å². The molecule has 68 valence electrons. The molecule has 0 aliphatic heterocycles. The number of terminal acetylenes is 1. The summed E-state index contributed by atoms with van der Waals surface area (Å²) in [5.74, 6) is 3.02. The SMILES string of the molecule is C#Cc1cc(OC)c(O)c(OC)c1. The minimum Gasteiger partial charge on any atom is -0.502 e. The molecule has 1 aromatic rings. The fourth-order valence-corrected chi connectivity index (χ4v) is 0.977. The van der Waals surface area contributed by atoms with E-state index in [9.17, 15) is 5.11 Å². The van der Waals surface area contributed by atoms with Gasteiger partial charge in [-0.1, -0.05) is 5.92 Å². The third kappa shape index (κ3) is 1.67. The molecule has 13 heavy (non-hydrogen) atoms. The fraction of sp³-hybridized carbons (Fsp3) is 0.200. The minimum atomic E-state index is -0.0380. The Morgan fingerprint density at radius 2 is 1.69 bits per heavy atom. The number of benzene rings is 1. The Morgan fingerprint density at radius 3 is 2.00 bits per heavy atom. The lowest BCUT2D eigenvalue weighted by molar-refractivity contribution is 0.339. The van der Waals surface area contributed by atoms with Gasteiger partial charge in [0, 0.05) is 5.56 Å². The van der Waals surface area contributed by atoms with E-state index in [1.165, 1.54) is 14.2 Å². The van der Waals surface area contributed by atoms with Gasteiger partial charge in [-0.25, -0.2) is 0 Å². The zero-order valence-electron chi connectivity index (χ0n) is 7.50. The molecule has 0 fully saturated rings. The summed E-state index contributed by atoms with van der Waals surface area (Å²) in [5, 5.41) is 9.49. The minimum absolute atomic E-state index is 0.0380. The topological polar surface area (TPSA) is 38.7 Å². The highest BCUT2D eigenvalue weighted by molar-refractivity contribution is 5.55. The molecule has 0 atom stereocenters. The van der Waals surface area contributed by atoms with Crippen LogP contribution in [0.5, 0.6) is 17.2 Å². The smallest absolute Gasteiger partial charge is 0.200 e. The number of aromatic hydroxyl groups is 1. The number of phenols is 1. The van der Waals surface area contributed by atoms with Crippen LogP contribution in [0.25, 0.3) is 0 Å². The Balaban J connectivity index is 3.30. The second-order valence-electron chi connectivity index (χ2n) is 2.37. The van der Waals surface area contributed by atoms with Gasteiger partial charge in [0.25, 0.3) is 0 Å². The summed E-state index contributed by atoms with van der Waals surface area (Å²) in [6.07, 6.45) is 5.20. The average molecular weight is 178 g/mol. The van der Waals surface area contributed by atoms with Crippen LogP contribution in [0, 0.1) is 12.3 Å². The van der Waals surface area contributed by atoms with Crippen molar-refractivity contribution in [1.29, 1.82) is 0 Å². The van der Waals surface area contributed by atoms with Crippen LogP contribution in [0.15, 0.2) is 12.1 Å². The summed E-state index contributed by atoms with van der Waals surface area (Å²) >= 11 is 0. The number of hydrogen-bond acceptors (Lipinski definition) is 3. The molecule has 0 aromatic heterocycles. The number of ether oxygens (including phenoxy) is 2. The Bertz CT molecular complexity index is 325. The molecule has 0 aliphatic rings. The lowest BCUT2D eigenvalue weighted by Gasteiger charge is -2.08. The van der Waals surface area contributed by atoms with Crippen LogP contribution in [0.2, 0.25) is 0 Å². The predicted molar refractivity (Wildman–Crippen MR) is 49.1 cm³/mol. The second kappa shape index (κ2) is 3.72. The first-order valence-corrected chi connectivity index (χ1v) is 3.64. The van der Waals surface area contributed by atoms with Crippen LogP contribution >= 0.6 is 0 Å². The molecule has 1 N–H and O–H groups in total.